The molecule has 0 radical (unpaired) electrons. The molecule has 0 N–H and O–H groups in total. The van der Waals surface area contributed by atoms with Gasteiger partial charge in [-0.2, -0.15) is 0 Å². The number of fused-ring (bicyclic) bond motifs is 1. The van der Waals surface area contributed by atoms with Crippen LogP contribution in [0.15, 0.2) is 65.1 Å². The molecule has 0 fully saturated rings. The predicted molar refractivity (Wildman–Crippen MR) is 133 cm³/mol. The number of carbonyl (C=O) groups excluding carboxylic acids is 2. The third-order valence-corrected chi connectivity index (χ3v) is 6.53. The Bertz CT molecular complexity index is 1380. The molecule has 0 saturated heterocycles. The quantitative estimate of drug-likeness (QED) is 0.267. The Hall–Kier alpha value is -3.09. The van der Waals surface area contributed by atoms with Gasteiger partial charge in [0, 0.05) is 20.4 Å². The highest BCUT2D eigenvalue weighted by molar-refractivity contribution is 9.10. The van der Waals surface area contributed by atoms with Crippen molar-refractivity contribution < 1.29 is 19.1 Å². The van der Waals surface area contributed by atoms with Crippen molar-refractivity contribution in [2.75, 3.05) is 7.11 Å². The van der Waals surface area contributed by atoms with Crippen molar-refractivity contribution in [3.63, 3.8) is 0 Å². The molecular weight excluding hydrogens is 506 g/mol. The number of hydrogen-bond acceptors (Lipinski definition) is 4. The summed E-state index contributed by atoms with van der Waals surface area (Å²) in [6.45, 7) is 3.77. The van der Waals surface area contributed by atoms with Crippen molar-refractivity contribution in [1.29, 1.82) is 0 Å². The normalized spacial score (nSPS) is 10.9. The van der Waals surface area contributed by atoms with Gasteiger partial charge in [0.15, 0.2) is 5.75 Å². The van der Waals surface area contributed by atoms with Crippen LogP contribution in [0.5, 0.6) is 11.5 Å². The van der Waals surface area contributed by atoms with Gasteiger partial charge in [0.25, 0.3) is 5.91 Å². The Morgan fingerprint density at radius 2 is 1.70 bits per heavy atom. The van der Waals surface area contributed by atoms with Crippen molar-refractivity contribution in [2.45, 2.75) is 20.3 Å². The van der Waals surface area contributed by atoms with E-state index in [2.05, 4.69) is 15.9 Å². The second-order valence-electron chi connectivity index (χ2n) is 7.49. The highest BCUT2D eigenvalue weighted by atomic mass is 79.9. The van der Waals surface area contributed by atoms with Gasteiger partial charge in [-0.1, -0.05) is 34.5 Å². The Kier molecular flexibility index (Phi) is 6.58. The van der Waals surface area contributed by atoms with Crippen LogP contribution in [0.2, 0.25) is 5.02 Å². The Morgan fingerprint density at radius 1 is 1.00 bits per heavy atom. The lowest BCUT2D eigenvalue weighted by Crippen LogP contribution is -2.14. The molecule has 4 rings (SSSR count). The van der Waals surface area contributed by atoms with Crippen LogP contribution >= 0.6 is 27.5 Å². The number of hydrogen-bond donors (Lipinski definition) is 0. The molecule has 0 spiro atoms. The first kappa shape index (κ1) is 23.1. The predicted octanol–water partition coefficient (Wildman–Crippen LogP) is 6.84. The lowest BCUT2D eigenvalue weighted by molar-refractivity contribution is 0.0733. The van der Waals surface area contributed by atoms with Crippen LogP contribution in [-0.2, 0) is 6.42 Å². The molecule has 168 valence electrons. The van der Waals surface area contributed by atoms with E-state index < -0.39 is 5.97 Å². The molecule has 0 unspecified atom stereocenters. The smallest absolute Gasteiger partial charge is 0.343 e. The van der Waals surface area contributed by atoms with Crippen molar-refractivity contribution >= 4 is 50.3 Å². The Balaban J connectivity index is 1.82. The molecular formula is C26H21BrClNO4. The fourth-order valence-electron chi connectivity index (χ4n) is 3.73. The van der Waals surface area contributed by atoms with E-state index in [1.807, 2.05) is 13.0 Å². The van der Waals surface area contributed by atoms with Crippen LogP contribution in [-0.4, -0.2) is 23.6 Å². The lowest BCUT2D eigenvalue weighted by atomic mass is 10.1. The number of aromatic nitrogens is 1. The monoisotopic (exact) mass is 525 g/mol. The summed E-state index contributed by atoms with van der Waals surface area (Å²) in [6, 6.07) is 17.3. The van der Waals surface area contributed by atoms with Crippen molar-refractivity contribution in [3.8, 4) is 11.5 Å². The largest absolute Gasteiger partial charge is 0.497 e. The summed E-state index contributed by atoms with van der Waals surface area (Å²) in [4.78, 5) is 26.4. The van der Waals surface area contributed by atoms with E-state index in [-0.39, 0.29) is 5.91 Å². The van der Waals surface area contributed by atoms with Gasteiger partial charge in [0.05, 0.1) is 23.9 Å². The molecule has 3 aromatic carbocycles. The summed E-state index contributed by atoms with van der Waals surface area (Å²) in [5.41, 5.74) is 3.03. The standard InChI is InChI=1S/C26H21BrClNO4/c1-4-16-13-18(7-11-22(16)27)26(31)33-24-15(2)29(23-12-10-20(32-3)14-21(23)24)25(30)17-5-8-19(28)9-6-17/h5-14H,4H2,1-3H3. The van der Waals surface area contributed by atoms with Crippen LogP contribution < -0.4 is 9.47 Å². The van der Waals surface area contributed by atoms with Gasteiger partial charge in [-0.3, -0.25) is 9.36 Å². The minimum absolute atomic E-state index is 0.251. The van der Waals surface area contributed by atoms with Crippen molar-refractivity contribution in [3.05, 3.63) is 92.5 Å². The molecule has 5 nitrogen and oxygen atoms in total. The Morgan fingerprint density at radius 3 is 2.36 bits per heavy atom. The van der Waals surface area contributed by atoms with Gasteiger partial charge in [-0.15, -0.1) is 0 Å². The number of methoxy groups -OCH3 is 1. The lowest BCUT2D eigenvalue weighted by Gasteiger charge is -2.09. The zero-order chi connectivity index (χ0) is 23.7. The third-order valence-electron chi connectivity index (χ3n) is 5.50. The maximum atomic E-state index is 13.4. The van der Waals surface area contributed by atoms with E-state index in [0.29, 0.717) is 44.2 Å². The fourth-order valence-corrected chi connectivity index (χ4v) is 4.39. The molecule has 33 heavy (non-hydrogen) atoms. The van der Waals surface area contributed by atoms with Crippen LogP contribution in [0.3, 0.4) is 0 Å². The second-order valence-corrected chi connectivity index (χ2v) is 8.79. The van der Waals surface area contributed by atoms with Crippen LogP contribution in [0.1, 0.15) is 38.9 Å². The van der Waals surface area contributed by atoms with Gasteiger partial charge in [0.1, 0.15) is 5.75 Å². The maximum absolute atomic E-state index is 13.4. The van der Waals surface area contributed by atoms with Crippen LogP contribution in [0.4, 0.5) is 0 Å². The van der Waals surface area contributed by atoms with E-state index in [1.54, 1.807) is 73.2 Å². The first-order valence-electron chi connectivity index (χ1n) is 10.3. The van der Waals surface area contributed by atoms with Gasteiger partial charge in [-0.05, 0) is 79.6 Å². The first-order valence-corrected chi connectivity index (χ1v) is 11.5. The average molecular weight is 527 g/mol. The summed E-state index contributed by atoms with van der Waals surface area (Å²) < 4.78 is 13.7. The van der Waals surface area contributed by atoms with Crippen LogP contribution in [0.25, 0.3) is 10.9 Å². The topological polar surface area (TPSA) is 57.5 Å². The summed E-state index contributed by atoms with van der Waals surface area (Å²) >= 11 is 9.48. The third kappa shape index (κ3) is 4.41. The molecule has 0 saturated carbocycles. The molecule has 4 aromatic rings. The number of nitrogens with zero attached hydrogens (tertiary/aromatic N) is 1. The minimum atomic E-state index is -0.499. The number of ether oxygens (including phenoxy) is 2. The number of carbonyl (C=O) groups is 2. The number of halogens is 2. The van der Waals surface area contributed by atoms with Crippen LogP contribution in [0, 0.1) is 6.92 Å². The number of benzene rings is 3. The minimum Gasteiger partial charge on any atom is -0.497 e. The van der Waals surface area contributed by atoms with Gasteiger partial charge in [-0.25, -0.2) is 4.79 Å². The fraction of sp³-hybridized carbons (Fsp3) is 0.154. The zero-order valence-electron chi connectivity index (χ0n) is 18.3. The summed E-state index contributed by atoms with van der Waals surface area (Å²) in [6.07, 6.45) is 0.771. The first-order chi connectivity index (χ1) is 15.8. The Labute approximate surface area is 205 Å². The molecule has 0 amide bonds. The number of rotatable bonds is 5. The molecule has 0 bridgehead atoms. The average Bonchev–Trinajstić information content (AvgIpc) is 3.09. The SMILES string of the molecule is CCc1cc(C(=O)Oc2c(C)n(C(=O)c3ccc(Cl)cc3)c3ccc(OC)cc23)ccc1Br. The van der Waals surface area contributed by atoms with Gasteiger partial charge in [0.2, 0.25) is 0 Å². The molecule has 0 aliphatic heterocycles. The van der Waals surface area contributed by atoms with E-state index in [1.165, 1.54) is 0 Å². The van der Waals surface area contributed by atoms with Gasteiger partial charge >= 0.3 is 5.97 Å². The van der Waals surface area contributed by atoms with E-state index >= 15 is 0 Å². The molecule has 7 heteroatoms. The zero-order valence-corrected chi connectivity index (χ0v) is 20.7. The van der Waals surface area contributed by atoms with Crippen molar-refractivity contribution in [2.24, 2.45) is 0 Å². The second kappa shape index (κ2) is 9.41. The molecule has 0 aliphatic carbocycles. The number of aryl methyl sites for hydroxylation is 1. The molecule has 0 atom stereocenters. The molecule has 1 heterocycles. The van der Waals surface area contributed by atoms with E-state index in [9.17, 15) is 9.59 Å². The summed E-state index contributed by atoms with van der Waals surface area (Å²) in [5.74, 6) is 0.157. The number of esters is 1. The van der Waals surface area contributed by atoms with E-state index in [0.717, 1.165) is 16.5 Å². The molecule has 1 aromatic heterocycles. The maximum Gasteiger partial charge on any atom is 0.343 e. The highest BCUT2D eigenvalue weighted by Gasteiger charge is 2.24. The van der Waals surface area contributed by atoms with Crippen molar-refractivity contribution in [1.82, 2.24) is 4.57 Å². The summed E-state index contributed by atoms with van der Waals surface area (Å²) in [7, 11) is 1.56. The highest BCUT2D eigenvalue weighted by Crippen LogP contribution is 2.36. The molecule has 0 aliphatic rings. The van der Waals surface area contributed by atoms with Gasteiger partial charge < -0.3 is 9.47 Å². The van der Waals surface area contributed by atoms with E-state index in [4.69, 9.17) is 21.1 Å². The summed E-state index contributed by atoms with van der Waals surface area (Å²) in [5, 5.41) is 1.15.